The molecule has 3 N–H and O–H groups in total. The molecule has 1 amide bonds. The number of amides is 1. The van der Waals surface area contributed by atoms with Crippen LogP contribution in [0.4, 0.5) is 28.9 Å². The molecule has 2 aromatic carbocycles. The van der Waals surface area contributed by atoms with Crippen LogP contribution in [0.15, 0.2) is 36.4 Å². The van der Waals surface area contributed by atoms with Crippen LogP contribution in [0.3, 0.4) is 0 Å². The fourth-order valence-corrected chi connectivity index (χ4v) is 3.47. The van der Waals surface area contributed by atoms with Crippen molar-refractivity contribution in [2.75, 3.05) is 38.6 Å². The van der Waals surface area contributed by atoms with Crippen LogP contribution >= 0.6 is 0 Å². The topological polar surface area (TPSA) is 111 Å². The Bertz CT molecular complexity index is 992. The number of hydrogen-bond acceptors (Lipinski definition) is 6. The van der Waals surface area contributed by atoms with Crippen molar-refractivity contribution < 1.29 is 32.0 Å². The van der Waals surface area contributed by atoms with Gasteiger partial charge in [0.2, 0.25) is 0 Å². The maximum atomic E-state index is 13.8. The normalized spacial score (nSPS) is 15.9. The number of nitro groups is 1. The number of nitrogens with two attached hydrogens (primary N) is 1. The minimum absolute atomic E-state index is 0.0477. The largest absolute Gasteiger partial charge is 0.416 e. The van der Waals surface area contributed by atoms with Crippen LogP contribution in [0.2, 0.25) is 0 Å². The molecule has 1 fully saturated rings. The average molecular weight is 456 g/mol. The zero-order valence-corrected chi connectivity index (χ0v) is 16.7. The Morgan fingerprint density at radius 2 is 1.84 bits per heavy atom. The van der Waals surface area contributed by atoms with Crippen molar-refractivity contribution in [1.82, 2.24) is 10.2 Å². The minimum Gasteiger partial charge on any atom is -0.393 e. The molecule has 0 bridgehead atoms. The molecule has 32 heavy (non-hydrogen) atoms. The standard InChI is InChI=1S/C20H20F4N4O4/c21-14-9-15(18(25)16(10-14)28(30)31)19(29)26-11-17(27-5-7-32-8-6-27)12-1-3-13(4-2-12)20(22,23)24/h1-4,9-10,17H,5-8,11,25H2,(H,26,29)/t17-/m0/s1. The van der Waals surface area contributed by atoms with Crippen LogP contribution < -0.4 is 11.1 Å². The lowest BCUT2D eigenvalue weighted by Gasteiger charge is -2.35. The van der Waals surface area contributed by atoms with Gasteiger partial charge in [-0.3, -0.25) is 19.8 Å². The van der Waals surface area contributed by atoms with Gasteiger partial charge in [-0.1, -0.05) is 12.1 Å². The highest BCUT2D eigenvalue weighted by Gasteiger charge is 2.31. The zero-order chi connectivity index (χ0) is 23.5. The molecule has 1 saturated heterocycles. The Hall–Kier alpha value is -3.25. The number of nitrogen functional groups attached to an aromatic ring is 1. The molecule has 2 aromatic rings. The lowest BCUT2D eigenvalue weighted by Crippen LogP contribution is -2.44. The molecule has 1 atom stereocenters. The Balaban J connectivity index is 1.83. The van der Waals surface area contributed by atoms with E-state index in [1.165, 1.54) is 12.1 Å². The van der Waals surface area contributed by atoms with Crippen LogP contribution in [0, 0.1) is 15.9 Å². The molecule has 0 aromatic heterocycles. The molecule has 172 valence electrons. The number of carbonyl (C=O) groups excluding carboxylic acids is 1. The van der Waals surface area contributed by atoms with Gasteiger partial charge in [-0.05, 0) is 23.8 Å². The summed E-state index contributed by atoms with van der Waals surface area (Å²) < 4.78 is 57.8. The number of rotatable bonds is 6. The number of anilines is 1. The second-order valence-electron chi connectivity index (χ2n) is 7.14. The first-order chi connectivity index (χ1) is 15.1. The van der Waals surface area contributed by atoms with Gasteiger partial charge in [-0.15, -0.1) is 0 Å². The van der Waals surface area contributed by atoms with Crippen LogP contribution in [0.25, 0.3) is 0 Å². The van der Waals surface area contributed by atoms with E-state index in [0.29, 0.717) is 37.9 Å². The molecule has 1 aliphatic rings. The number of morpholine rings is 1. The molecule has 12 heteroatoms. The summed E-state index contributed by atoms with van der Waals surface area (Å²) in [7, 11) is 0. The number of carbonyl (C=O) groups is 1. The van der Waals surface area contributed by atoms with Gasteiger partial charge in [0.25, 0.3) is 11.6 Å². The first-order valence-corrected chi connectivity index (χ1v) is 9.58. The summed E-state index contributed by atoms with van der Waals surface area (Å²) in [4.78, 5) is 24.7. The van der Waals surface area contributed by atoms with E-state index in [1.54, 1.807) is 0 Å². The number of alkyl halides is 3. The Morgan fingerprint density at radius 3 is 2.41 bits per heavy atom. The maximum Gasteiger partial charge on any atom is 0.416 e. The van der Waals surface area contributed by atoms with E-state index in [2.05, 4.69) is 5.32 Å². The van der Waals surface area contributed by atoms with Gasteiger partial charge in [0.05, 0.1) is 41.4 Å². The van der Waals surface area contributed by atoms with Gasteiger partial charge in [-0.2, -0.15) is 13.2 Å². The molecule has 8 nitrogen and oxygen atoms in total. The van der Waals surface area contributed by atoms with Crippen molar-refractivity contribution in [1.29, 1.82) is 0 Å². The highest BCUT2D eigenvalue weighted by atomic mass is 19.4. The summed E-state index contributed by atoms with van der Waals surface area (Å²) in [5.74, 6) is -1.83. The van der Waals surface area contributed by atoms with Crippen molar-refractivity contribution in [3.63, 3.8) is 0 Å². The van der Waals surface area contributed by atoms with E-state index in [9.17, 15) is 32.5 Å². The summed E-state index contributed by atoms with van der Waals surface area (Å²) in [6.07, 6.45) is -4.48. The second-order valence-corrected chi connectivity index (χ2v) is 7.14. The molecule has 1 heterocycles. The lowest BCUT2D eigenvalue weighted by molar-refractivity contribution is -0.384. The molecular formula is C20H20F4N4O4. The van der Waals surface area contributed by atoms with Gasteiger partial charge in [0.1, 0.15) is 11.5 Å². The van der Waals surface area contributed by atoms with E-state index in [-0.39, 0.29) is 6.54 Å². The van der Waals surface area contributed by atoms with E-state index < -0.39 is 51.4 Å². The molecule has 0 aliphatic carbocycles. The number of ether oxygens (including phenoxy) is 1. The fourth-order valence-electron chi connectivity index (χ4n) is 3.47. The molecule has 1 aliphatic heterocycles. The first kappa shape index (κ1) is 23.4. The molecular weight excluding hydrogens is 436 g/mol. The van der Waals surface area contributed by atoms with E-state index in [4.69, 9.17) is 10.5 Å². The number of nitrogens with zero attached hydrogens (tertiary/aromatic N) is 2. The third-order valence-corrected chi connectivity index (χ3v) is 5.13. The Morgan fingerprint density at radius 1 is 1.22 bits per heavy atom. The van der Waals surface area contributed by atoms with Crippen LogP contribution in [-0.2, 0) is 10.9 Å². The van der Waals surface area contributed by atoms with Gasteiger partial charge >= 0.3 is 6.18 Å². The number of halogens is 4. The summed E-state index contributed by atoms with van der Waals surface area (Å²) in [5, 5.41) is 13.6. The minimum atomic E-state index is -4.48. The van der Waals surface area contributed by atoms with Crippen LogP contribution in [0.5, 0.6) is 0 Å². The molecule has 0 spiro atoms. The number of nitrogens with one attached hydrogen (secondary N) is 1. The zero-order valence-electron chi connectivity index (χ0n) is 16.7. The smallest absolute Gasteiger partial charge is 0.393 e. The highest BCUT2D eigenvalue weighted by Crippen LogP contribution is 2.31. The maximum absolute atomic E-state index is 13.8. The number of benzene rings is 2. The van der Waals surface area contributed by atoms with E-state index >= 15 is 0 Å². The molecule has 3 rings (SSSR count). The summed E-state index contributed by atoms with van der Waals surface area (Å²) in [6, 6.07) is 5.48. The number of nitro benzene ring substituents is 1. The van der Waals surface area contributed by atoms with Gasteiger partial charge in [-0.25, -0.2) is 4.39 Å². The van der Waals surface area contributed by atoms with E-state index in [1.807, 2.05) is 4.90 Å². The predicted octanol–water partition coefficient (Wildman–Crippen LogP) is 3.14. The van der Waals surface area contributed by atoms with Gasteiger partial charge < -0.3 is 15.8 Å². The van der Waals surface area contributed by atoms with Gasteiger partial charge in [0, 0.05) is 19.6 Å². The quantitative estimate of drug-likeness (QED) is 0.299. The highest BCUT2D eigenvalue weighted by molar-refractivity contribution is 6.01. The van der Waals surface area contributed by atoms with E-state index in [0.717, 1.165) is 18.2 Å². The van der Waals surface area contributed by atoms with Crippen molar-refractivity contribution in [3.8, 4) is 0 Å². The van der Waals surface area contributed by atoms with Crippen molar-refractivity contribution in [2.24, 2.45) is 0 Å². The lowest BCUT2D eigenvalue weighted by atomic mass is 10.0. The molecule has 0 unspecified atom stereocenters. The third kappa shape index (κ3) is 5.32. The Labute approximate surface area is 180 Å². The Kier molecular flexibility index (Phi) is 6.94. The predicted molar refractivity (Wildman–Crippen MR) is 106 cm³/mol. The number of hydrogen-bond donors (Lipinski definition) is 2. The average Bonchev–Trinajstić information content (AvgIpc) is 2.75. The molecule has 0 saturated carbocycles. The van der Waals surface area contributed by atoms with Gasteiger partial charge in [0.15, 0.2) is 0 Å². The van der Waals surface area contributed by atoms with Crippen molar-refractivity contribution in [3.05, 3.63) is 69.0 Å². The van der Waals surface area contributed by atoms with Crippen molar-refractivity contribution in [2.45, 2.75) is 12.2 Å². The SMILES string of the molecule is Nc1c(C(=O)NC[C@@H](c2ccc(C(F)(F)F)cc2)N2CCOCC2)cc(F)cc1[N+](=O)[O-]. The fraction of sp³-hybridized carbons (Fsp3) is 0.350. The first-order valence-electron chi connectivity index (χ1n) is 9.58. The van der Waals surface area contributed by atoms with Crippen LogP contribution in [-0.4, -0.2) is 48.6 Å². The van der Waals surface area contributed by atoms with Crippen LogP contribution in [0.1, 0.15) is 27.5 Å². The second kappa shape index (κ2) is 9.49. The van der Waals surface area contributed by atoms with Crippen molar-refractivity contribution >= 4 is 17.3 Å². The molecule has 0 radical (unpaired) electrons. The summed E-state index contributed by atoms with van der Waals surface area (Å²) >= 11 is 0. The monoisotopic (exact) mass is 456 g/mol. The summed E-state index contributed by atoms with van der Waals surface area (Å²) in [6.45, 7) is 1.74. The summed E-state index contributed by atoms with van der Waals surface area (Å²) in [5.41, 5.74) is 3.78. The third-order valence-electron chi connectivity index (χ3n) is 5.13.